The van der Waals surface area contributed by atoms with E-state index >= 15 is 0 Å². The molecule has 0 bridgehead atoms. The van der Waals surface area contributed by atoms with Gasteiger partial charge in [0.25, 0.3) is 0 Å². The van der Waals surface area contributed by atoms with Crippen molar-refractivity contribution in [2.75, 3.05) is 30.3 Å². The first-order chi connectivity index (χ1) is 12.7. The molecule has 0 unspecified atom stereocenters. The molecule has 4 nitrogen and oxygen atoms in total. The van der Waals surface area contributed by atoms with Gasteiger partial charge in [-0.15, -0.1) is 12.4 Å². The summed E-state index contributed by atoms with van der Waals surface area (Å²) >= 11 is 0. The zero-order valence-electron chi connectivity index (χ0n) is 15.2. The number of hydrogen-bond acceptors (Lipinski definition) is 3. The Bertz CT molecular complexity index is 789. The van der Waals surface area contributed by atoms with Gasteiger partial charge in [-0.3, -0.25) is 9.69 Å². The number of fused-ring (bicyclic) bond motifs is 1. The summed E-state index contributed by atoms with van der Waals surface area (Å²) in [6.45, 7) is 3.80. The van der Waals surface area contributed by atoms with Crippen LogP contribution in [0.15, 0.2) is 42.5 Å². The maximum absolute atomic E-state index is 13.0. The van der Waals surface area contributed by atoms with Crippen molar-refractivity contribution in [1.82, 2.24) is 4.90 Å². The molecule has 1 saturated heterocycles. The number of amides is 1. The molecule has 144 valence electrons. The van der Waals surface area contributed by atoms with E-state index in [1.54, 1.807) is 12.1 Å². The fourth-order valence-corrected chi connectivity index (χ4v) is 3.91. The highest BCUT2D eigenvalue weighted by atomic mass is 35.5. The molecule has 2 N–H and O–H groups in total. The zero-order valence-corrected chi connectivity index (χ0v) is 16.0. The number of rotatable bonds is 4. The highest BCUT2D eigenvalue weighted by Crippen LogP contribution is 2.29. The van der Waals surface area contributed by atoms with E-state index in [1.165, 1.54) is 28.9 Å². The van der Waals surface area contributed by atoms with Gasteiger partial charge in [0.2, 0.25) is 5.91 Å². The number of carbonyl (C=O) groups is 1. The molecule has 6 heteroatoms. The first-order valence-corrected chi connectivity index (χ1v) is 9.32. The molecule has 2 aliphatic rings. The molecule has 0 aromatic heterocycles. The van der Waals surface area contributed by atoms with Crippen molar-refractivity contribution in [1.29, 1.82) is 0 Å². The average molecular weight is 390 g/mol. The largest absolute Gasteiger partial charge is 0.384 e. The quantitative estimate of drug-likeness (QED) is 0.828. The number of benzene rings is 2. The lowest BCUT2D eigenvalue weighted by molar-refractivity contribution is -0.121. The number of nitrogens with one attached hydrogen (secondary N) is 2. The molecule has 0 atom stereocenters. The van der Waals surface area contributed by atoms with Crippen LogP contribution in [0.25, 0.3) is 0 Å². The van der Waals surface area contributed by atoms with Crippen LogP contribution < -0.4 is 10.6 Å². The van der Waals surface area contributed by atoms with Crippen LogP contribution in [-0.4, -0.2) is 30.4 Å². The Morgan fingerprint density at radius 2 is 1.89 bits per heavy atom. The van der Waals surface area contributed by atoms with E-state index in [9.17, 15) is 9.18 Å². The number of likely N-dealkylation sites (tertiary alicyclic amines) is 1. The molecule has 0 saturated carbocycles. The molecule has 0 spiro atoms. The SMILES string of the molecule is Cl.O=C(Nc1ccc(F)cc1)C1CCN(Cc2cccc3c2NCC3)CC1. The van der Waals surface area contributed by atoms with Crippen molar-refractivity contribution in [3.05, 3.63) is 59.4 Å². The Kier molecular flexibility index (Phi) is 6.34. The summed E-state index contributed by atoms with van der Waals surface area (Å²) in [4.78, 5) is 14.9. The van der Waals surface area contributed by atoms with Crippen LogP contribution >= 0.6 is 12.4 Å². The van der Waals surface area contributed by atoms with Gasteiger partial charge in [0.15, 0.2) is 0 Å². The van der Waals surface area contributed by atoms with E-state index in [2.05, 4.69) is 33.7 Å². The number of carbonyl (C=O) groups excluding carboxylic acids is 1. The van der Waals surface area contributed by atoms with Crippen LogP contribution in [-0.2, 0) is 17.8 Å². The van der Waals surface area contributed by atoms with E-state index in [1.807, 2.05) is 0 Å². The van der Waals surface area contributed by atoms with Gasteiger partial charge in [-0.1, -0.05) is 18.2 Å². The molecule has 2 aromatic rings. The third-order valence-corrected chi connectivity index (χ3v) is 5.40. The second-order valence-electron chi connectivity index (χ2n) is 7.17. The van der Waals surface area contributed by atoms with Gasteiger partial charge in [0.05, 0.1) is 0 Å². The van der Waals surface area contributed by atoms with Crippen molar-refractivity contribution in [2.45, 2.75) is 25.8 Å². The highest BCUT2D eigenvalue weighted by Gasteiger charge is 2.26. The van der Waals surface area contributed by atoms with Gasteiger partial charge >= 0.3 is 0 Å². The number of halogens is 2. The van der Waals surface area contributed by atoms with Gasteiger partial charge in [-0.2, -0.15) is 0 Å². The van der Waals surface area contributed by atoms with Crippen molar-refractivity contribution >= 4 is 29.7 Å². The Morgan fingerprint density at radius 3 is 2.63 bits per heavy atom. The van der Waals surface area contributed by atoms with Crippen LogP contribution in [0.4, 0.5) is 15.8 Å². The maximum atomic E-state index is 13.0. The first-order valence-electron chi connectivity index (χ1n) is 9.32. The second kappa shape index (κ2) is 8.72. The van der Waals surface area contributed by atoms with Crippen LogP contribution in [0.1, 0.15) is 24.0 Å². The van der Waals surface area contributed by atoms with Gasteiger partial charge < -0.3 is 10.6 Å². The second-order valence-corrected chi connectivity index (χ2v) is 7.17. The van der Waals surface area contributed by atoms with Crippen LogP contribution in [0.5, 0.6) is 0 Å². The van der Waals surface area contributed by atoms with Gasteiger partial charge in [0, 0.05) is 30.4 Å². The number of para-hydroxylation sites is 1. The number of hydrogen-bond donors (Lipinski definition) is 2. The third kappa shape index (κ3) is 4.60. The summed E-state index contributed by atoms with van der Waals surface area (Å²) in [5.41, 5.74) is 4.73. The highest BCUT2D eigenvalue weighted by molar-refractivity contribution is 5.92. The molecule has 27 heavy (non-hydrogen) atoms. The average Bonchev–Trinajstić information content (AvgIpc) is 3.14. The van der Waals surface area contributed by atoms with Gasteiger partial charge in [-0.25, -0.2) is 4.39 Å². The molecule has 1 fully saturated rings. The fourth-order valence-electron chi connectivity index (χ4n) is 3.91. The third-order valence-electron chi connectivity index (χ3n) is 5.40. The standard InChI is InChI=1S/C21H24FN3O.ClH/c22-18-4-6-19(7-5-18)24-21(26)16-9-12-25(13-10-16)14-17-3-1-2-15-8-11-23-20(15)17;/h1-7,16,23H,8-14H2,(H,24,26);1H. The summed E-state index contributed by atoms with van der Waals surface area (Å²) in [6, 6.07) is 12.5. The summed E-state index contributed by atoms with van der Waals surface area (Å²) in [6.07, 6.45) is 2.82. The predicted molar refractivity (Wildman–Crippen MR) is 109 cm³/mol. The number of anilines is 2. The van der Waals surface area contributed by atoms with E-state index < -0.39 is 0 Å². The van der Waals surface area contributed by atoms with Gasteiger partial charge in [-0.05, 0) is 67.7 Å². The van der Waals surface area contributed by atoms with Crippen LogP contribution in [0.2, 0.25) is 0 Å². The molecule has 0 radical (unpaired) electrons. The Morgan fingerprint density at radius 1 is 1.15 bits per heavy atom. The molecule has 0 aliphatic carbocycles. The minimum Gasteiger partial charge on any atom is -0.384 e. The summed E-state index contributed by atoms with van der Waals surface area (Å²) in [5.74, 6) is -0.229. The Balaban J connectivity index is 0.00000210. The lowest BCUT2D eigenvalue weighted by Crippen LogP contribution is -2.37. The van der Waals surface area contributed by atoms with Gasteiger partial charge in [0.1, 0.15) is 5.82 Å². The van der Waals surface area contributed by atoms with E-state index in [-0.39, 0.29) is 30.0 Å². The summed E-state index contributed by atoms with van der Waals surface area (Å²) < 4.78 is 13.0. The molecule has 2 aliphatic heterocycles. The minimum absolute atomic E-state index is 0. The van der Waals surface area contributed by atoms with Crippen molar-refractivity contribution in [3.63, 3.8) is 0 Å². The fraction of sp³-hybridized carbons (Fsp3) is 0.381. The van der Waals surface area contributed by atoms with Crippen LogP contribution in [0.3, 0.4) is 0 Å². The minimum atomic E-state index is -0.293. The Hall–Kier alpha value is -2.11. The molecule has 2 aromatic carbocycles. The van der Waals surface area contributed by atoms with Crippen molar-refractivity contribution in [2.24, 2.45) is 5.92 Å². The molecule has 1 amide bonds. The lowest BCUT2D eigenvalue weighted by Gasteiger charge is -2.31. The normalized spacial score (nSPS) is 16.9. The predicted octanol–water partition coefficient (Wildman–Crippen LogP) is 4.07. The van der Waals surface area contributed by atoms with E-state index in [4.69, 9.17) is 0 Å². The molecular formula is C21H25ClFN3O. The Labute approximate surface area is 165 Å². The molecular weight excluding hydrogens is 365 g/mol. The lowest BCUT2D eigenvalue weighted by atomic mass is 9.95. The van der Waals surface area contributed by atoms with E-state index in [0.29, 0.717) is 5.69 Å². The zero-order chi connectivity index (χ0) is 17.9. The number of nitrogens with zero attached hydrogens (tertiary/aromatic N) is 1. The summed E-state index contributed by atoms with van der Waals surface area (Å²) in [5, 5.41) is 6.40. The number of piperidine rings is 1. The first kappa shape index (κ1) is 19.6. The van der Waals surface area contributed by atoms with Crippen molar-refractivity contribution in [3.8, 4) is 0 Å². The molecule has 4 rings (SSSR count). The smallest absolute Gasteiger partial charge is 0.227 e. The maximum Gasteiger partial charge on any atom is 0.227 e. The summed E-state index contributed by atoms with van der Waals surface area (Å²) in [7, 11) is 0. The van der Waals surface area contributed by atoms with Crippen LogP contribution in [0, 0.1) is 11.7 Å². The topological polar surface area (TPSA) is 44.4 Å². The van der Waals surface area contributed by atoms with Crippen molar-refractivity contribution < 1.29 is 9.18 Å². The van der Waals surface area contributed by atoms with E-state index in [0.717, 1.165) is 45.4 Å². The monoisotopic (exact) mass is 389 g/mol. The molecule has 2 heterocycles.